The van der Waals surface area contributed by atoms with E-state index in [4.69, 9.17) is 0 Å². The predicted octanol–water partition coefficient (Wildman–Crippen LogP) is 14.9. The topological polar surface area (TPSA) is 8.17 Å². The summed E-state index contributed by atoms with van der Waals surface area (Å²) in [6.45, 7) is 4.92. The monoisotopic (exact) mass is 754 g/mol. The average Bonchev–Trinajstić information content (AvgIpc) is 4.02. The average molecular weight is 755 g/mol. The zero-order valence-electron chi connectivity index (χ0n) is 34.1. The van der Waals surface area contributed by atoms with Crippen molar-refractivity contribution in [2.45, 2.75) is 94.8 Å². The van der Waals surface area contributed by atoms with Gasteiger partial charge in [0.2, 0.25) is 0 Å². The molecule has 2 nitrogen and oxygen atoms in total. The summed E-state index contributed by atoms with van der Waals surface area (Å²) in [5, 5.41) is 2.64. The van der Waals surface area contributed by atoms with Gasteiger partial charge in [-0.25, -0.2) is 0 Å². The van der Waals surface area contributed by atoms with E-state index >= 15 is 0 Å². The molecule has 3 atom stereocenters. The molecule has 6 aromatic carbocycles. The van der Waals surface area contributed by atoms with Gasteiger partial charge in [0.25, 0.3) is 0 Å². The molecule has 7 aromatic rings. The van der Waals surface area contributed by atoms with E-state index in [0.29, 0.717) is 5.41 Å². The van der Waals surface area contributed by atoms with Gasteiger partial charge in [-0.05, 0) is 187 Å². The summed E-state index contributed by atoms with van der Waals surface area (Å²) in [5.41, 5.74) is 16.5. The van der Waals surface area contributed by atoms with Gasteiger partial charge in [0, 0.05) is 38.9 Å². The number of aromatic nitrogens is 1. The number of hydrogen-bond donors (Lipinski definition) is 0. The number of nitrogens with zero attached hydrogens (tertiary/aromatic N) is 2. The molecular weight excluding hydrogens is 701 g/mol. The van der Waals surface area contributed by atoms with Crippen molar-refractivity contribution < 1.29 is 0 Å². The van der Waals surface area contributed by atoms with Crippen LogP contribution in [0.2, 0.25) is 0 Å². The van der Waals surface area contributed by atoms with Gasteiger partial charge >= 0.3 is 0 Å². The minimum Gasteiger partial charge on any atom is -0.310 e. The van der Waals surface area contributed by atoms with Gasteiger partial charge in [0.05, 0.1) is 11.0 Å². The van der Waals surface area contributed by atoms with Crippen LogP contribution in [0.15, 0.2) is 133 Å². The molecule has 7 aliphatic rings. The molecule has 58 heavy (non-hydrogen) atoms. The maximum atomic E-state index is 2.56. The second-order valence-corrected chi connectivity index (χ2v) is 20.4. The van der Waals surface area contributed by atoms with Gasteiger partial charge in [-0.3, -0.25) is 0 Å². The Labute approximate surface area is 343 Å². The Morgan fingerprint density at radius 2 is 1.21 bits per heavy atom. The van der Waals surface area contributed by atoms with Crippen molar-refractivity contribution in [3.05, 3.63) is 156 Å². The first-order valence-electron chi connectivity index (χ1n) is 22.7. The fourth-order valence-electron chi connectivity index (χ4n) is 14.7. The van der Waals surface area contributed by atoms with Crippen LogP contribution in [0.5, 0.6) is 0 Å². The van der Waals surface area contributed by atoms with E-state index in [0.717, 1.165) is 35.5 Å². The maximum absolute atomic E-state index is 2.56. The molecule has 0 spiro atoms. The molecule has 0 N–H and O–H groups in total. The minimum absolute atomic E-state index is 0.208. The van der Waals surface area contributed by atoms with Crippen molar-refractivity contribution in [2.75, 3.05) is 4.90 Å². The Hall–Kier alpha value is -5.08. The van der Waals surface area contributed by atoms with Gasteiger partial charge < -0.3 is 9.47 Å². The number of para-hydroxylation sites is 2. The van der Waals surface area contributed by atoms with Crippen LogP contribution in [0.4, 0.5) is 17.1 Å². The lowest BCUT2D eigenvalue weighted by molar-refractivity contribution is -0.00518. The first kappa shape index (κ1) is 33.8. The Bertz CT molecular complexity index is 2710. The minimum atomic E-state index is -0.208. The van der Waals surface area contributed by atoms with Gasteiger partial charge in [0.1, 0.15) is 0 Å². The molecule has 0 amide bonds. The van der Waals surface area contributed by atoms with E-state index in [9.17, 15) is 0 Å². The van der Waals surface area contributed by atoms with Gasteiger partial charge in [-0.2, -0.15) is 0 Å². The van der Waals surface area contributed by atoms with E-state index in [2.05, 4.69) is 157 Å². The Morgan fingerprint density at radius 1 is 0.552 bits per heavy atom. The van der Waals surface area contributed by atoms with Gasteiger partial charge in [0.15, 0.2) is 0 Å². The van der Waals surface area contributed by atoms with Crippen LogP contribution in [0.3, 0.4) is 0 Å². The Balaban J connectivity index is 0.938. The van der Waals surface area contributed by atoms with E-state index in [1.54, 1.807) is 11.1 Å². The third-order valence-electron chi connectivity index (χ3n) is 16.8. The number of benzene rings is 6. The number of hydrogen-bond acceptors (Lipinski definition) is 1. The molecule has 0 saturated heterocycles. The smallest absolute Gasteiger partial charge is 0.0588 e. The van der Waals surface area contributed by atoms with Crippen molar-refractivity contribution in [3.8, 4) is 16.8 Å². The molecule has 2 heteroatoms. The highest BCUT2D eigenvalue weighted by molar-refractivity contribution is 6.13. The molecule has 3 unspecified atom stereocenters. The zero-order valence-corrected chi connectivity index (χ0v) is 34.1. The lowest BCUT2D eigenvalue weighted by Crippen LogP contribution is -2.48. The first-order valence-corrected chi connectivity index (χ1v) is 22.7. The fraction of sp³-hybridized carbons (Fsp3) is 0.357. The Morgan fingerprint density at radius 3 is 1.90 bits per heavy atom. The van der Waals surface area contributed by atoms with Crippen LogP contribution in [0.25, 0.3) is 38.6 Å². The molecule has 0 aliphatic heterocycles. The standard InChI is InChI=1S/C56H54N2/c1-55(2)51-31-45(22-23-46(51)48-24-25-49-47-10-6-7-11-52(47)58(54(49)53(48)55)42-8-4-3-5-9-42)57(43-18-14-39(15-19-43)50-30-35-12-13-40(50)29-35)44-20-16-41(17-21-44)56-32-36-26-37(33-56)28-38(27-36)34-56/h3-11,14-25,31,35-38,40,50H,12-13,26-30,32-34H2,1-2H3. The summed E-state index contributed by atoms with van der Waals surface area (Å²) in [5.74, 6) is 5.42. The zero-order chi connectivity index (χ0) is 38.3. The van der Waals surface area contributed by atoms with Crippen molar-refractivity contribution in [1.82, 2.24) is 4.57 Å². The van der Waals surface area contributed by atoms with E-state index in [1.165, 1.54) is 131 Å². The van der Waals surface area contributed by atoms with Crippen molar-refractivity contribution in [2.24, 2.45) is 29.6 Å². The second kappa shape index (κ2) is 12.2. The quantitative estimate of drug-likeness (QED) is 0.164. The molecule has 0 radical (unpaired) electrons. The van der Waals surface area contributed by atoms with Crippen LogP contribution in [0, 0.1) is 29.6 Å². The highest BCUT2D eigenvalue weighted by atomic mass is 15.1. The van der Waals surface area contributed by atoms with Crippen LogP contribution >= 0.6 is 0 Å². The molecule has 14 rings (SSSR count). The molecular formula is C56H54N2. The van der Waals surface area contributed by atoms with Crippen molar-refractivity contribution in [1.29, 1.82) is 0 Å². The summed E-state index contributed by atoms with van der Waals surface area (Å²) in [7, 11) is 0. The third-order valence-corrected chi connectivity index (χ3v) is 16.8. The van der Waals surface area contributed by atoms with E-state index < -0.39 is 0 Å². The van der Waals surface area contributed by atoms with Crippen molar-refractivity contribution >= 4 is 38.9 Å². The predicted molar refractivity (Wildman–Crippen MR) is 241 cm³/mol. The number of fused-ring (bicyclic) bond motifs is 9. The summed E-state index contributed by atoms with van der Waals surface area (Å²) >= 11 is 0. The number of anilines is 3. The van der Waals surface area contributed by atoms with E-state index in [-0.39, 0.29) is 5.41 Å². The lowest BCUT2D eigenvalue weighted by Gasteiger charge is -2.57. The molecule has 1 aromatic heterocycles. The second-order valence-electron chi connectivity index (χ2n) is 20.4. The molecule has 7 aliphatic carbocycles. The molecule has 6 fully saturated rings. The van der Waals surface area contributed by atoms with E-state index in [1.807, 2.05) is 0 Å². The molecule has 6 bridgehead atoms. The fourth-order valence-corrected chi connectivity index (χ4v) is 14.7. The maximum Gasteiger partial charge on any atom is 0.0588 e. The van der Waals surface area contributed by atoms with Gasteiger partial charge in [-0.15, -0.1) is 0 Å². The number of rotatable bonds is 6. The van der Waals surface area contributed by atoms with Crippen LogP contribution in [-0.2, 0) is 10.8 Å². The first-order chi connectivity index (χ1) is 28.4. The highest BCUT2D eigenvalue weighted by Gasteiger charge is 2.51. The van der Waals surface area contributed by atoms with Crippen LogP contribution in [-0.4, -0.2) is 4.57 Å². The van der Waals surface area contributed by atoms with Crippen LogP contribution < -0.4 is 4.90 Å². The normalized spacial score (nSPS) is 28.4. The highest BCUT2D eigenvalue weighted by Crippen LogP contribution is 2.61. The summed E-state index contributed by atoms with van der Waals surface area (Å²) in [6, 6.07) is 51.9. The largest absolute Gasteiger partial charge is 0.310 e. The lowest BCUT2D eigenvalue weighted by atomic mass is 9.48. The summed E-state index contributed by atoms with van der Waals surface area (Å²) in [4.78, 5) is 2.56. The van der Waals surface area contributed by atoms with Gasteiger partial charge in [-0.1, -0.05) is 99.1 Å². The van der Waals surface area contributed by atoms with Crippen LogP contribution in [0.1, 0.15) is 106 Å². The third kappa shape index (κ3) is 4.84. The molecule has 288 valence electrons. The van der Waals surface area contributed by atoms with Crippen molar-refractivity contribution in [3.63, 3.8) is 0 Å². The summed E-state index contributed by atoms with van der Waals surface area (Å²) < 4.78 is 2.52. The molecule has 6 saturated carbocycles. The Kier molecular flexibility index (Phi) is 7.14. The molecule has 1 heterocycles. The summed E-state index contributed by atoms with van der Waals surface area (Å²) in [6.07, 6.45) is 14.4. The SMILES string of the molecule is CC1(C)c2cc(N(c3ccc(C4CC5CCC4C5)cc3)c3ccc(C45CC6CC(CC(C6)C4)C5)cc3)ccc2-c2ccc3c4ccccc4n(-c4ccccc4)c3c21.